The van der Waals surface area contributed by atoms with Gasteiger partial charge in [-0.3, -0.25) is 4.79 Å². The Morgan fingerprint density at radius 3 is 2.95 bits per heavy atom. The second-order valence-corrected chi connectivity index (χ2v) is 5.78. The number of carbonyl (C=O) groups is 1. The summed E-state index contributed by atoms with van der Waals surface area (Å²) in [4.78, 5) is 15.4. The van der Waals surface area contributed by atoms with E-state index >= 15 is 0 Å². The first-order chi connectivity index (χ1) is 9.13. The van der Waals surface area contributed by atoms with Crippen LogP contribution in [0.4, 0.5) is 10.1 Å². The molecule has 3 rings (SSSR count). The van der Waals surface area contributed by atoms with Crippen molar-refractivity contribution in [3.8, 4) is 11.3 Å². The van der Waals surface area contributed by atoms with Gasteiger partial charge in [-0.25, -0.2) is 4.98 Å². The fourth-order valence-electron chi connectivity index (χ4n) is 2.46. The molecule has 0 fully saturated rings. The Morgan fingerprint density at radius 1 is 1.37 bits per heavy atom. The van der Waals surface area contributed by atoms with Gasteiger partial charge < -0.3 is 11.1 Å². The molecule has 1 aliphatic carbocycles. The first kappa shape index (κ1) is 12.2. The van der Waals surface area contributed by atoms with E-state index in [1.807, 2.05) is 0 Å². The van der Waals surface area contributed by atoms with Crippen LogP contribution in [0.1, 0.15) is 24.5 Å². The number of nitrogen functional groups attached to an aromatic ring is 1. The van der Waals surface area contributed by atoms with Crippen LogP contribution >= 0.6 is 11.3 Å². The van der Waals surface area contributed by atoms with E-state index < -0.39 is 0 Å². The highest BCUT2D eigenvalue weighted by Gasteiger charge is 2.15. The lowest BCUT2D eigenvalue weighted by atomic mass is 10.0. The minimum Gasteiger partial charge on any atom is -0.389 e. The molecule has 0 bridgehead atoms. The summed E-state index contributed by atoms with van der Waals surface area (Å²) in [6.45, 7) is 1.46. The minimum absolute atomic E-state index is 0.130. The average Bonchev–Trinajstić information content (AvgIpc) is 2.93. The molecule has 1 aromatic carbocycles. The van der Waals surface area contributed by atoms with Crippen molar-refractivity contribution in [2.75, 3.05) is 11.1 Å². The van der Waals surface area contributed by atoms with Gasteiger partial charge in [0.15, 0.2) is 5.13 Å². The fraction of sp³-hybridized carbons (Fsp3) is 0.286. The predicted molar refractivity (Wildman–Crippen MR) is 78.3 cm³/mol. The molecule has 3 N–H and O–H groups in total. The summed E-state index contributed by atoms with van der Waals surface area (Å²) < 4.78 is 0. The molecule has 0 saturated heterocycles. The first-order valence-corrected chi connectivity index (χ1v) is 7.11. The number of rotatable bonds is 2. The number of benzene rings is 1. The number of carbonyl (C=O) groups excluding carboxylic acids is 1. The van der Waals surface area contributed by atoms with E-state index in [1.54, 1.807) is 0 Å². The minimum atomic E-state index is -0.130. The maximum Gasteiger partial charge on any atom is 0.223 e. The number of hydrogen-bond acceptors (Lipinski definition) is 4. The summed E-state index contributed by atoms with van der Waals surface area (Å²) in [5.41, 5.74) is 10.6. The number of amides is 1. The van der Waals surface area contributed by atoms with E-state index in [-0.39, 0.29) is 5.91 Å². The van der Waals surface area contributed by atoms with E-state index in [0.29, 0.717) is 10.1 Å². The maximum absolute atomic E-state index is 11.0. The molecule has 0 unspecified atom stereocenters. The second-order valence-electron chi connectivity index (χ2n) is 4.75. The van der Waals surface area contributed by atoms with Crippen molar-refractivity contribution in [2.45, 2.75) is 26.2 Å². The summed E-state index contributed by atoms with van der Waals surface area (Å²) in [6, 6.07) is 6.40. The van der Waals surface area contributed by atoms with Crippen LogP contribution in [0.15, 0.2) is 18.2 Å². The number of nitrogens with zero attached hydrogens (tertiary/aromatic N) is 1. The quantitative estimate of drug-likeness (QED) is 0.884. The Kier molecular flexibility index (Phi) is 2.98. The standard InChI is InChI=1S/C14H15N3OS/c1-8(18)16-14-17-12(13(15)19-14)11-6-5-9-3-2-4-10(9)7-11/h5-7H,2-4,15H2,1H3,(H,16,17,18). The maximum atomic E-state index is 11.0. The molecule has 1 heterocycles. The van der Waals surface area contributed by atoms with Gasteiger partial charge in [-0.05, 0) is 36.5 Å². The van der Waals surface area contributed by atoms with E-state index in [2.05, 4.69) is 28.5 Å². The number of anilines is 2. The van der Waals surface area contributed by atoms with Gasteiger partial charge >= 0.3 is 0 Å². The van der Waals surface area contributed by atoms with E-state index in [9.17, 15) is 4.79 Å². The SMILES string of the molecule is CC(=O)Nc1nc(-c2ccc3c(c2)CCC3)c(N)s1. The van der Waals surface area contributed by atoms with Crippen molar-refractivity contribution < 1.29 is 4.79 Å². The number of fused-ring (bicyclic) bond motifs is 1. The van der Waals surface area contributed by atoms with Crippen LogP contribution in [0.2, 0.25) is 0 Å². The van der Waals surface area contributed by atoms with Gasteiger partial charge in [0.05, 0.1) is 0 Å². The third kappa shape index (κ3) is 2.33. The lowest BCUT2D eigenvalue weighted by Crippen LogP contribution is -2.04. The lowest BCUT2D eigenvalue weighted by molar-refractivity contribution is -0.114. The van der Waals surface area contributed by atoms with Crippen LogP contribution in [0.5, 0.6) is 0 Å². The monoisotopic (exact) mass is 273 g/mol. The molecule has 1 amide bonds. The summed E-state index contributed by atoms with van der Waals surface area (Å²) in [7, 11) is 0. The zero-order valence-corrected chi connectivity index (χ0v) is 11.5. The van der Waals surface area contributed by atoms with Crippen LogP contribution in [-0.2, 0) is 17.6 Å². The van der Waals surface area contributed by atoms with Crippen LogP contribution < -0.4 is 11.1 Å². The number of hydrogen-bond donors (Lipinski definition) is 2. The highest BCUT2D eigenvalue weighted by Crippen LogP contribution is 2.35. The molecule has 0 radical (unpaired) electrons. The Balaban J connectivity index is 1.97. The van der Waals surface area contributed by atoms with Crippen molar-refractivity contribution in [2.24, 2.45) is 0 Å². The summed E-state index contributed by atoms with van der Waals surface area (Å²) in [6.07, 6.45) is 3.52. The molecular weight excluding hydrogens is 258 g/mol. The molecular formula is C14H15N3OS. The van der Waals surface area contributed by atoms with Crippen molar-refractivity contribution in [1.29, 1.82) is 0 Å². The summed E-state index contributed by atoms with van der Waals surface area (Å²) in [5.74, 6) is -0.130. The van der Waals surface area contributed by atoms with Crippen LogP contribution in [0.3, 0.4) is 0 Å². The molecule has 19 heavy (non-hydrogen) atoms. The Labute approximate surface area is 115 Å². The van der Waals surface area contributed by atoms with Gasteiger partial charge in [-0.15, -0.1) is 0 Å². The highest BCUT2D eigenvalue weighted by molar-refractivity contribution is 7.20. The lowest BCUT2D eigenvalue weighted by Gasteiger charge is -2.03. The molecule has 1 aliphatic rings. The van der Waals surface area contributed by atoms with Gasteiger partial charge in [0.1, 0.15) is 10.7 Å². The smallest absolute Gasteiger partial charge is 0.223 e. The predicted octanol–water partition coefficient (Wildman–Crippen LogP) is 2.84. The number of nitrogens with one attached hydrogen (secondary N) is 1. The van der Waals surface area contributed by atoms with Crippen molar-refractivity contribution in [3.63, 3.8) is 0 Å². The average molecular weight is 273 g/mol. The number of aromatic nitrogens is 1. The molecule has 5 heteroatoms. The first-order valence-electron chi connectivity index (χ1n) is 6.29. The zero-order chi connectivity index (χ0) is 13.4. The Bertz CT molecular complexity index is 648. The van der Waals surface area contributed by atoms with E-state index in [1.165, 1.54) is 42.2 Å². The van der Waals surface area contributed by atoms with E-state index in [0.717, 1.165) is 17.7 Å². The normalized spacial score (nSPS) is 13.3. The molecule has 0 aliphatic heterocycles. The molecule has 0 saturated carbocycles. The second kappa shape index (κ2) is 4.66. The van der Waals surface area contributed by atoms with Crippen LogP contribution in [0, 0.1) is 0 Å². The molecule has 0 atom stereocenters. The Hall–Kier alpha value is -1.88. The summed E-state index contributed by atoms with van der Waals surface area (Å²) >= 11 is 1.31. The van der Waals surface area contributed by atoms with Crippen LogP contribution in [-0.4, -0.2) is 10.9 Å². The third-order valence-electron chi connectivity index (χ3n) is 3.31. The molecule has 2 aromatic rings. The summed E-state index contributed by atoms with van der Waals surface area (Å²) in [5, 5.41) is 3.87. The van der Waals surface area contributed by atoms with Gasteiger partial charge in [0.25, 0.3) is 0 Å². The van der Waals surface area contributed by atoms with Crippen molar-refractivity contribution in [1.82, 2.24) is 4.98 Å². The van der Waals surface area contributed by atoms with Crippen molar-refractivity contribution in [3.05, 3.63) is 29.3 Å². The molecule has 4 nitrogen and oxygen atoms in total. The van der Waals surface area contributed by atoms with Crippen LogP contribution in [0.25, 0.3) is 11.3 Å². The van der Waals surface area contributed by atoms with Crippen molar-refractivity contribution >= 4 is 27.4 Å². The number of thiazole rings is 1. The highest BCUT2D eigenvalue weighted by atomic mass is 32.1. The fourth-order valence-corrected chi connectivity index (χ4v) is 3.26. The number of nitrogens with two attached hydrogens (primary N) is 1. The Morgan fingerprint density at radius 2 is 2.16 bits per heavy atom. The third-order valence-corrected chi connectivity index (χ3v) is 4.11. The topological polar surface area (TPSA) is 68.0 Å². The van der Waals surface area contributed by atoms with Gasteiger partial charge in [-0.1, -0.05) is 23.5 Å². The van der Waals surface area contributed by atoms with Gasteiger partial charge in [-0.2, -0.15) is 0 Å². The molecule has 0 spiro atoms. The van der Waals surface area contributed by atoms with Gasteiger partial charge in [0, 0.05) is 12.5 Å². The van der Waals surface area contributed by atoms with E-state index in [4.69, 9.17) is 5.73 Å². The number of aryl methyl sites for hydroxylation is 2. The molecule has 1 aromatic heterocycles. The zero-order valence-electron chi connectivity index (χ0n) is 10.7. The van der Waals surface area contributed by atoms with Gasteiger partial charge in [0.2, 0.25) is 5.91 Å². The molecule has 98 valence electrons. The largest absolute Gasteiger partial charge is 0.389 e.